The summed E-state index contributed by atoms with van der Waals surface area (Å²) in [5, 5.41) is 12.3. The molecule has 2 aromatic heterocycles. The van der Waals surface area contributed by atoms with E-state index in [0.717, 1.165) is 32.7 Å². The maximum atomic E-state index is 12.5. The molecule has 2 aromatic carbocycles. The van der Waals surface area contributed by atoms with Crippen molar-refractivity contribution in [2.75, 3.05) is 11.1 Å². The Labute approximate surface area is 186 Å². The lowest BCUT2D eigenvalue weighted by atomic mass is 10.2. The van der Waals surface area contributed by atoms with Crippen molar-refractivity contribution in [1.29, 1.82) is 0 Å². The first-order valence-electron chi connectivity index (χ1n) is 9.27. The van der Waals surface area contributed by atoms with Crippen molar-refractivity contribution in [3.05, 3.63) is 76.7 Å². The summed E-state index contributed by atoms with van der Waals surface area (Å²) in [7, 11) is 0. The molecule has 1 N–H and O–H groups in total. The van der Waals surface area contributed by atoms with E-state index in [-0.39, 0.29) is 11.7 Å². The third-order valence-electron chi connectivity index (χ3n) is 4.48. The van der Waals surface area contributed by atoms with Crippen molar-refractivity contribution in [2.45, 2.75) is 19.0 Å². The number of amides is 1. The number of rotatable bonds is 6. The van der Waals surface area contributed by atoms with Gasteiger partial charge in [0.15, 0.2) is 11.0 Å². The maximum absolute atomic E-state index is 12.5. The molecule has 0 unspecified atom stereocenters. The molecule has 0 saturated carbocycles. The molecule has 2 heterocycles. The lowest BCUT2D eigenvalue weighted by Crippen LogP contribution is -2.15. The van der Waals surface area contributed by atoms with Gasteiger partial charge >= 0.3 is 0 Å². The number of hydrogen-bond donors (Lipinski definition) is 1. The van der Waals surface area contributed by atoms with Crippen LogP contribution in [-0.2, 0) is 4.79 Å². The van der Waals surface area contributed by atoms with Crippen molar-refractivity contribution >= 4 is 39.3 Å². The number of nitrogens with one attached hydrogen (secondary N) is 1. The molecule has 0 atom stereocenters. The van der Waals surface area contributed by atoms with Gasteiger partial charge in [-0.25, -0.2) is 0 Å². The first-order valence-corrected chi connectivity index (χ1v) is 11.0. The Hall–Kier alpha value is -2.84. The van der Waals surface area contributed by atoms with Gasteiger partial charge in [0, 0.05) is 10.2 Å². The van der Waals surface area contributed by atoms with Crippen LogP contribution in [0.4, 0.5) is 5.69 Å². The Balaban J connectivity index is 1.58. The summed E-state index contributed by atoms with van der Waals surface area (Å²) < 4.78 is 8.24. The maximum Gasteiger partial charge on any atom is 0.234 e. The molecule has 0 spiro atoms. The lowest BCUT2D eigenvalue weighted by Gasteiger charge is -2.10. The SMILES string of the molecule is Cc1ccc(NC(=O)CSc2nnc(-c3ccoc3C)n2-c2ccccc2)c(Br)c1. The number of carbonyl (C=O) groups excluding carboxylic acids is 1. The fraction of sp³-hybridized carbons (Fsp3) is 0.136. The molecule has 0 aliphatic carbocycles. The molecular formula is C22H19BrN4O2S. The van der Waals surface area contributed by atoms with Crippen LogP contribution < -0.4 is 5.32 Å². The highest BCUT2D eigenvalue weighted by molar-refractivity contribution is 9.10. The van der Waals surface area contributed by atoms with Gasteiger partial charge in [-0.3, -0.25) is 9.36 Å². The van der Waals surface area contributed by atoms with Gasteiger partial charge in [-0.1, -0.05) is 36.0 Å². The van der Waals surface area contributed by atoms with Crippen LogP contribution in [0.15, 0.2) is 74.9 Å². The molecule has 8 heteroatoms. The average Bonchev–Trinajstić information content (AvgIpc) is 3.35. The predicted octanol–water partition coefficient (Wildman–Crippen LogP) is 5.64. The van der Waals surface area contributed by atoms with Crippen LogP contribution in [-0.4, -0.2) is 26.4 Å². The summed E-state index contributed by atoms with van der Waals surface area (Å²) in [6.45, 7) is 3.89. The zero-order chi connectivity index (χ0) is 21.1. The number of nitrogens with zero attached hydrogens (tertiary/aromatic N) is 3. The van der Waals surface area contributed by atoms with Gasteiger partial charge in [-0.15, -0.1) is 10.2 Å². The molecular weight excluding hydrogens is 464 g/mol. The number of hydrogen-bond acceptors (Lipinski definition) is 5. The number of benzene rings is 2. The van der Waals surface area contributed by atoms with E-state index in [4.69, 9.17) is 4.42 Å². The third-order valence-corrected chi connectivity index (χ3v) is 6.06. The highest BCUT2D eigenvalue weighted by Gasteiger charge is 2.19. The van der Waals surface area contributed by atoms with E-state index in [9.17, 15) is 4.79 Å². The quantitative estimate of drug-likeness (QED) is 0.360. The smallest absolute Gasteiger partial charge is 0.234 e. The second kappa shape index (κ2) is 8.89. The highest BCUT2D eigenvalue weighted by atomic mass is 79.9. The number of carbonyl (C=O) groups is 1. The molecule has 1 amide bonds. The molecule has 4 aromatic rings. The first-order chi connectivity index (χ1) is 14.5. The number of thioether (sulfide) groups is 1. The Morgan fingerprint density at radius 1 is 1.13 bits per heavy atom. The van der Waals surface area contributed by atoms with E-state index in [1.165, 1.54) is 11.8 Å². The minimum absolute atomic E-state index is 0.117. The molecule has 152 valence electrons. The number of aryl methyl sites for hydroxylation is 2. The van der Waals surface area contributed by atoms with Crippen molar-refractivity contribution in [2.24, 2.45) is 0 Å². The van der Waals surface area contributed by atoms with Gasteiger partial charge in [0.05, 0.1) is 23.3 Å². The van der Waals surface area contributed by atoms with Crippen molar-refractivity contribution in [3.63, 3.8) is 0 Å². The summed E-state index contributed by atoms with van der Waals surface area (Å²) in [6.07, 6.45) is 1.63. The Morgan fingerprint density at radius 3 is 2.63 bits per heavy atom. The van der Waals surface area contributed by atoms with Crippen LogP contribution in [0, 0.1) is 13.8 Å². The number of para-hydroxylation sites is 1. The number of anilines is 1. The van der Waals surface area contributed by atoms with Crippen LogP contribution in [0.1, 0.15) is 11.3 Å². The average molecular weight is 483 g/mol. The molecule has 4 rings (SSSR count). The second-order valence-corrected chi connectivity index (χ2v) is 8.48. The van der Waals surface area contributed by atoms with Crippen LogP contribution in [0.3, 0.4) is 0 Å². The lowest BCUT2D eigenvalue weighted by molar-refractivity contribution is -0.113. The standard InChI is InChI=1S/C22H19BrN4O2S/c1-14-8-9-19(18(23)12-14)24-20(28)13-30-22-26-25-21(17-10-11-29-15(17)2)27(22)16-6-4-3-5-7-16/h3-12H,13H2,1-2H3,(H,24,28). The summed E-state index contributed by atoms with van der Waals surface area (Å²) in [6, 6.07) is 17.5. The molecule has 6 nitrogen and oxygen atoms in total. The first kappa shape index (κ1) is 20.4. The van der Waals surface area contributed by atoms with Crippen molar-refractivity contribution in [3.8, 4) is 17.1 Å². The molecule has 0 fully saturated rings. The topological polar surface area (TPSA) is 73.0 Å². The Kier molecular flexibility index (Phi) is 6.06. The van der Waals surface area contributed by atoms with E-state index in [1.54, 1.807) is 6.26 Å². The predicted molar refractivity (Wildman–Crippen MR) is 122 cm³/mol. The van der Waals surface area contributed by atoms with Crippen molar-refractivity contribution in [1.82, 2.24) is 14.8 Å². The number of aromatic nitrogens is 3. The van der Waals surface area contributed by atoms with Gasteiger partial charge in [-0.2, -0.15) is 0 Å². The van der Waals surface area contributed by atoms with E-state index in [1.807, 2.05) is 73.0 Å². The Morgan fingerprint density at radius 2 is 1.93 bits per heavy atom. The number of furan rings is 1. The summed E-state index contributed by atoms with van der Waals surface area (Å²) in [4.78, 5) is 12.5. The van der Waals surface area contributed by atoms with Crippen LogP contribution >= 0.6 is 27.7 Å². The van der Waals surface area contributed by atoms with Crippen LogP contribution in [0.2, 0.25) is 0 Å². The summed E-state index contributed by atoms with van der Waals surface area (Å²) >= 11 is 4.82. The highest BCUT2D eigenvalue weighted by Crippen LogP contribution is 2.30. The van der Waals surface area contributed by atoms with Crippen LogP contribution in [0.25, 0.3) is 17.1 Å². The molecule has 0 aliphatic heterocycles. The number of halogens is 1. The second-order valence-electron chi connectivity index (χ2n) is 6.69. The molecule has 0 saturated heterocycles. The van der Waals surface area contributed by atoms with E-state index in [2.05, 4.69) is 31.4 Å². The minimum atomic E-state index is -0.117. The third kappa shape index (κ3) is 4.34. The van der Waals surface area contributed by atoms with Crippen LogP contribution in [0.5, 0.6) is 0 Å². The largest absolute Gasteiger partial charge is 0.469 e. The normalized spacial score (nSPS) is 10.9. The summed E-state index contributed by atoms with van der Waals surface area (Å²) in [5.74, 6) is 1.53. The summed E-state index contributed by atoms with van der Waals surface area (Å²) in [5.41, 5.74) is 3.64. The fourth-order valence-corrected chi connectivity index (χ4v) is 4.35. The zero-order valence-corrected chi connectivity index (χ0v) is 18.8. The van der Waals surface area contributed by atoms with Crippen molar-refractivity contribution < 1.29 is 9.21 Å². The fourth-order valence-electron chi connectivity index (χ4n) is 3.00. The van der Waals surface area contributed by atoms with Gasteiger partial charge in [0.25, 0.3) is 0 Å². The van der Waals surface area contributed by atoms with Gasteiger partial charge in [0.2, 0.25) is 5.91 Å². The minimum Gasteiger partial charge on any atom is -0.469 e. The van der Waals surface area contributed by atoms with E-state index < -0.39 is 0 Å². The molecule has 0 bridgehead atoms. The van der Waals surface area contributed by atoms with Gasteiger partial charge in [-0.05, 0) is 65.7 Å². The monoisotopic (exact) mass is 482 g/mol. The van der Waals surface area contributed by atoms with Gasteiger partial charge in [0.1, 0.15) is 5.76 Å². The zero-order valence-electron chi connectivity index (χ0n) is 16.4. The molecule has 0 radical (unpaired) electrons. The van der Waals surface area contributed by atoms with E-state index in [0.29, 0.717) is 11.0 Å². The van der Waals surface area contributed by atoms with E-state index >= 15 is 0 Å². The molecule has 30 heavy (non-hydrogen) atoms. The molecule has 0 aliphatic rings. The Bertz CT molecular complexity index is 1190. The van der Waals surface area contributed by atoms with Gasteiger partial charge < -0.3 is 9.73 Å².